The summed E-state index contributed by atoms with van der Waals surface area (Å²) in [6.45, 7) is 8.68. The standard InChI is InChI=1S/C17H23Cl2N3O2/c1-17(2,3)20-15(23)11-21-6-8-22(9-7-21)16(24)13-5-4-12(18)10-14(13)19/h4-5,10H,6-9,11H2,1-3H3,(H,20,23). The van der Waals surface area contributed by atoms with Crippen molar-refractivity contribution >= 4 is 35.0 Å². The molecule has 1 saturated heterocycles. The summed E-state index contributed by atoms with van der Waals surface area (Å²) in [6.07, 6.45) is 0. The van der Waals surface area contributed by atoms with Crippen molar-refractivity contribution in [2.24, 2.45) is 0 Å². The summed E-state index contributed by atoms with van der Waals surface area (Å²) in [4.78, 5) is 28.3. The molecule has 0 bridgehead atoms. The van der Waals surface area contributed by atoms with E-state index in [9.17, 15) is 9.59 Å². The summed E-state index contributed by atoms with van der Waals surface area (Å²) >= 11 is 12.0. The summed E-state index contributed by atoms with van der Waals surface area (Å²) in [6, 6.07) is 4.88. The van der Waals surface area contributed by atoms with Crippen LogP contribution >= 0.6 is 23.2 Å². The van der Waals surface area contributed by atoms with E-state index in [0.717, 1.165) is 0 Å². The number of nitrogens with zero attached hydrogens (tertiary/aromatic N) is 2. The van der Waals surface area contributed by atoms with Crippen molar-refractivity contribution in [1.29, 1.82) is 0 Å². The predicted molar refractivity (Wildman–Crippen MR) is 96.7 cm³/mol. The molecule has 1 heterocycles. The fourth-order valence-electron chi connectivity index (χ4n) is 2.60. The van der Waals surface area contributed by atoms with Gasteiger partial charge in [0.05, 0.1) is 17.1 Å². The van der Waals surface area contributed by atoms with Crippen LogP contribution in [0.25, 0.3) is 0 Å². The number of amides is 2. The Morgan fingerprint density at radius 2 is 1.75 bits per heavy atom. The highest BCUT2D eigenvalue weighted by Crippen LogP contribution is 2.22. The van der Waals surface area contributed by atoms with Gasteiger partial charge in [0.25, 0.3) is 5.91 Å². The van der Waals surface area contributed by atoms with Crippen LogP contribution in [0.1, 0.15) is 31.1 Å². The molecule has 132 valence electrons. The number of halogens is 2. The number of carbonyl (C=O) groups is 2. The molecule has 5 nitrogen and oxygen atoms in total. The summed E-state index contributed by atoms with van der Waals surface area (Å²) in [5.74, 6) is -0.0986. The number of hydrogen-bond acceptors (Lipinski definition) is 3. The smallest absolute Gasteiger partial charge is 0.255 e. The Morgan fingerprint density at radius 1 is 1.12 bits per heavy atom. The predicted octanol–water partition coefficient (Wildman–Crippen LogP) is 2.67. The fourth-order valence-corrected chi connectivity index (χ4v) is 3.09. The molecule has 0 spiro atoms. The maximum absolute atomic E-state index is 12.5. The van der Waals surface area contributed by atoms with Crippen molar-refractivity contribution in [2.75, 3.05) is 32.7 Å². The average Bonchev–Trinajstić information content (AvgIpc) is 2.45. The lowest BCUT2D eigenvalue weighted by atomic mass is 10.1. The molecule has 1 fully saturated rings. The van der Waals surface area contributed by atoms with E-state index in [1.54, 1.807) is 23.1 Å². The Morgan fingerprint density at radius 3 is 2.29 bits per heavy atom. The molecule has 0 unspecified atom stereocenters. The van der Waals surface area contributed by atoms with Gasteiger partial charge in [-0.05, 0) is 39.0 Å². The third-order valence-electron chi connectivity index (χ3n) is 3.70. The summed E-state index contributed by atoms with van der Waals surface area (Å²) in [7, 11) is 0. The Kier molecular flexibility index (Phi) is 6.12. The molecule has 0 atom stereocenters. The molecule has 0 saturated carbocycles. The first kappa shape index (κ1) is 19.0. The monoisotopic (exact) mass is 371 g/mol. The van der Waals surface area contributed by atoms with E-state index in [0.29, 0.717) is 48.3 Å². The summed E-state index contributed by atoms with van der Waals surface area (Å²) in [5, 5.41) is 3.81. The normalized spacial score (nSPS) is 16.1. The first-order valence-corrected chi connectivity index (χ1v) is 8.69. The van der Waals surface area contributed by atoms with Gasteiger partial charge in [-0.3, -0.25) is 14.5 Å². The first-order valence-electron chi connectivity index (χ1n) is 7.93. The van der Waals surface area contributed by atoms with Crippen LogP contribution in [0, 0.1) is 0 Å². The maximum atomic E-state index is 12.5. The molecule has 1 aliphatic heterocycles. The zero-order valence-corrected chi connectivity index (χ0v) is 15.7. The van der Waals surface area contributed by atoms with Crippen LogP contribution in [0.2, 0.25) is 10.0 Å². The van der Waals surface area contributed by atoms with Crippen LogP contribution in [-0.4, -0.2) is 59.9 Å². The van der Waals surface area contributed by atoms with Crippen LogP contribution in [0.15, 0.2) is 18.2 Å². The maximum Gasteiger partial charge on any atom is 0.255 e. The number of carbonyl (C=O) groups excluding carboxylic acids is 2. The average molecular weight is 372 g/mol. The van der Waals surface area contributed by atoms with E-state index in [4.69, 9.17) is 23.2 Å². The number of hydrogen-bond donors (Lipinski definition) is 1. The zero-order chi connectivity index (χ0) is 17.9. The van der Waals surface area contributed by atoms with Gasteiger partial charge in [-0.25, -0.2) is 0 Å². The van der Waals surface area contributed by atoms with Gasteiger partial charge in [-0.15, -0.1) is 0 Å². The zero-order valence-electron chi connectivity index (χ0n) is 14.2. The van der Waals surface area contributed by atoms with Crippen LogP contribution in [0.4, 0.5) is 0 Å². The third kappa shape index (κ3) is 5.36. The van der Waals surface area contributed by atoms with E-state index < -0.39 is 0 Å². The van der Waals surface area contributed by atoms with Gasteiger partial charge in [-0.2, -0.15) is 0 Å². The van der Waals surface area contributed by atoms with E-state index in [1.165, 1.54) is 0 Å². The number of nitrogens with one attached hydrogen (secondary N) is 1. The molecule has 1 N–H and O–H groups in total. The molecule has 1 aromatic rings. The first-order chi connectivity index (χ1) is 11.2. The Labute approximate surface area is 152 Å². The molecule has 2 amide bonds. The molecular formula is C17H23Cl2N3O2. The van der Waals surface area contributed by atoms with Crippen molar-refractivity contribution in [1.82, 2.24) is 15.1 Å². The minimum Gasteiger partial charge on any atom is -0.350 e. The Hall–Kier alpha value is -1.30. The quantitative estimate of drug-likeness (QED) is 0.888. The number of rotatable bonds is 3. The topological polar surface area (TPSA) is 52.7 Å². The molecule has 24 heavy (non-hydrogen) atoms. The van der Waals surface area contributed by atoms with Gasteiger partial charge in [0.2, 0.25) is 5.91 Å². The fraction of sp³-hybridized carbons (Fsp3) is 0.529. The van der Waals surface area contributed by atoms with Crippen LogP contribution in [-0.2, 0) is 4.79 Å². The number of piperazine rings is 1. The van der Waals surface area contributed by atoms with Crippen LogP contribution in [0.3, 0.4) is 0 Å². The minimum atomic E-state index is -0.236. The van der Waals surface area contributed by atoms with Crippen molar-refractivity contribution in [3.05, 3.63) is 33.8 Å². The van der Waals surface area contributed by atoms with Crippen molar-refractivity contribution in [3.63, 3.8) is 0 Å². The van der Waals surface area contributed by atoms with Gasteiger partial charge >= 0.3 is 0 Å². The van der Waals surface area contributed by atoms with E-state index in [2.05, 4.69) is 5.32 Å². The van der Waals surface area contributed by atoms with Crippen LogP contribution in [0.5, 0.6) is 0 Å². The van der Waals surface area contributed by atoms with Crippen molar-refractivity contribution in [3.8, 4) is 0 Å². The highest BCUT2D eigenvalue weighted by atomic mass is 35.5. The largest absolute Gasteiger partial charge is 0.350 e. The lowest BCUT2D eigenvalue weighted by Gasteiger charge is -2.35. The molecule has 0 aliphatic carbocycles. The highest BCUT2D eigenvalue weighted by molar-refractivity contribution is 6.36. The second-order valence-corrected chi connectivity index (χ2v) is 7.83. The summed E-state index contributed by atoms with van der Waals surface area (Å²) in [5.41, 5.74) is 0.222. The SMILES string of the molecule is CC(C)(C)NC(=O)CN1CCN(C(=O)c2ccc(Cl)cc2Cl)CC1. The molecule has 2 rings (SSSR count). The van der Waals surface area contributed by atoms with E-state index in [1.807, 2.05) is 25.7 Å². The Balaban J connectivity index is 1.88. The highest BCUT2D eigenvalue weighted by Gasteiger charge is 2.25. The van der Waals surface area contributed by atoms with Crippen molar-refractivity contribution < 1.29 is 9.59 Å². The molecule has 0 aromatic heterocycles. The second-order valence-electron chi connectivity index (χ2n) is 6.99. The third-order valence-corrected chi connectivity index (χ3v) is 4.25. The number of benzene rings is 1. The van der Waals surface area contributed by atoms with Gasteiger partial charge in [-0.1, -0.05) is 23.2 Å². The van der Waals surface area contributed by atoms with Gasteiger partial charge < -0.3 is 10.2 Å². The minimum absolute atomic E-state index is 0.00280. The molecule has 0 radical (unpaired) electrons. The van der Waals surface area contributed by atoms with Gasteiger partial charge in [0, 0.05) is 36.7 Å². The van der Waals surface area contributed by atoms with Gasteiger partial charge in [0.1, 0.15) is 0 Å². The lowest BCUT2D eigenvalue weighted by Crippen LogP contribution is -2.52. The Bertz CT molecular complexity index is 621. The molecule has 1 aromatic carbocycles. The van der Waals surface area contributed by atoms with Crippen LogP contribution < -0.4 is 5.32 Å². The second kappa shape index (κ2) is 7.72. The molecule has 1 aliphatic rings. The lowest BCUT2D eigenvalue weighted by molar-refractivity contribution is -0.124. The summed E-state index contributed by atoms with van der Waals surface area (Å²) < 4.78 is 0. The van der Waals surface area contributed by atoms with E-state index in [-0.39, 0.29) is 17.4 Å². The molecule has 7 heteroatoms. The molecular weight excluding hydrogens is 349 g/mol. The van der Waals surface area contributed by atoms with Crippen molar-refractivity contribution in [2.45, 2.75) is 26.3 Å². The van der Waals surface area contributed by atoms with Gasteiger partial charge in [0.15, 0.2) is 0 Å². The van der Waals surface area contributed by atoms with E-state index >= 15 is 0 Å².